The van der Waals surface area contributed by atoms with Gasteiger partial charge in [-0.2, -0.15) is 0 Å². The second-order valence-electron chi connectivity index (χ2n) is 7.96. The zero-order chi connectivity index (χ0) is 24.8. The van der Waals surface area contributed by atoms with Crippen LogP contribution in [0.3, 0.4) is 0 Å². The normalized spacial score (nSPS) is 12.2. The molecule has 0 spiro atoms. The smallest absolute Gasteiger partial charge is 0.244 e. The molecular formula is C23H30ClN3O5S. The van der Waals surface area contributed by atoms with Crippen molar-refractivity contribution in [3.63, 3.8) is 0 Å². The van der Waals surface area contributed by atoms with E-state index < -0.39 is 28.5 Å². The molecule has 33 heavy (non-hydrogen) atoms. The van der Waals surface area contributed by atoms with E-state index in [-0.39, 0.29) is 24.2 Å². The number of carbonyl (C=O) groups excluding carboxylic acids is 2. The van der Waals surface area contributed by atoms with Crippen LogP contribution in [0.4, 0.5) is 5.69 Å². The predicted molar refractivity (Wildman–Crippen MR) is 130 cm³/mol. The monoisotopic (exact) mass is 495 g/mol. The number of rotatable bonds is 10. The van der Waals surface area contributed by atoms with Gasteiger partial charge < -0.3 is 15.0 Å². The number of nitrogens with zero attached hydrogens (tertiary/aromatic N) is 2. The number of carbonyl (C=O) groups is 2. The maximum absolute atomic E-state index is 13.4. The van der Waals surface area contributed by atoms with Crippen molar-refractivity contribution in [2.24, 2.45) is 0 Å². The fraction of sp³-hybridized carbons (Fsp3) is 0.391. The fourth-order valence-corrected chi connectivity index (χ4v) is 4.19. The summed E-state index contributed by atoms with van der Waals surface area (Å²) in [5.41, 5.74) is 1.03. The van der Waals surface area contributed by atoms with Crippen molar-refractivity contribution < 1.29 is 22.7 Å². The van der Waals surface area contributed by atoms with Crippen LogP contribution in [0.15, 0.2) is 48.5 Å². The minimum Gasteiger partial charge on any atom is -0.497 e. The van der Waals surface area contributed by atoms with Gasteiger partial charge in [-0.25, -0.2) is 8.42 Å². The van der Waals surface area contributed by atoms with Crippen molar-refractivity contribution in [3.05, 3.63) is 59.1 Å². The van der Waals surface area contributed by atoms with Crippen LogP contribution >= 0.6 is 11.6 Å². The maximum atomic E-state index is 13.4. The van der Waals surface area contributed by atoms with Crippen LogP contribution in [0.1, 0.15) is 26.3 Å². The zero-order valence-electron chi connectivity index (χ0n) is 19.4. The minimum absolute atomic E-state index is 0.114. The Hall–Kier alpha value is -2.78. The predicted octanol–water partition coefficient (Wildman–Crippen LogP) is 3.06. The maximum Gasteiger partial charge on any atom is 0.244 e. The molecule has 10 heteroatoms. The third-order valence-corrected chi connectivity index (χ3v) is 6.26. The van der Waals surface area contributed by atoms with Gasteiger partial charge >= 0.3 is 0 Å². The van der Waals surface area contributed by atoms with E-state index in [1.54, 1.807) is 56.5 Å². The van der Waals surface area contributed by atoms with E-state index >= 15 is 0 Å². The quantitative estimate of drug-likeness (QED) is 0.546. The molecule has 2 aromatic rings. The lowest BCUT2D eigenvalue weighted by Crippen LogP contribution is -2.52. The van der Waals surface area contributed by atoms with E-state index in [4.69, 9.17) is 16.3 Å². The summed E-state index contributed by atoms with van der Waals surface area (Å²) in [5.74, 6) is -0.199. The highest BCUT2D eigenvalue weighted by Gasteiger charge is 2.30. The topological polar surface area (TPSA) is 96.0 Å². The molecule has 0 aliphatic heterocycles. The van der Waals surface area contributed by atoms with Gasteiger partial charge in [-0.1, -0.05) is 29.8 Å². The van der Waals surface area contributed by atoms with Crippen LogP contribution in [-0.4, -0.2) is 57.1 Å². The van der Waals surface area contributed by atoms with Gasteiger partial charge in [-0.05, 0) is 56.7 Å². The SMILES string of the molecule is COc1ccc(CN(C(=O)CN(c2cccc(Cl)c2)S(C)(=O)=O)C(C)C(=O)NC(C)C)cc1. The van der Waals surface area contributed by atoms with Crippen molar-refractivity contribution in [1.29, 1.82) is 0 Å². The van der Waals surface area contributed by atoms with Gasteiger partial charge in [0.1, 0.15) is 18.3 Å². The molecule has 1 atom stereocenters. The third kappa shape index (κ3) is 7.64. The number of ether oxygens (including phenoxy) is 1. The van der Waals surface area contributed by atoms with Crippen LogP contribution in [0.5, 0.6) is 5.75 Å². The van der Waals surface area contributed by atoms with Gasteiger partial charge in [0.2, 0.25) is 21.8 Å². The molecule has 1 unspecified atom stereocenters. The van der Waals surface area contributed by atoms with E-state index in [1.165, 1.54) is 11.0 Å². The Labute approximate surface area is 200 Å². The molecule has 0 saturated carbocycles. The van der Waals surface area contributed by atoms with Crippen LogP contribution in [0, 0.1) is 0 Å². The van der Waals surface area contributed by atoms with E-state index in [9.17, 15) is 18.0 Å². The minimum atomic E-state index is -3.80. The molecule has 180 valence electrons. The Kier molecular flexibility index (Phi) is 9.13. The lowest BCUT2D eigenvalue weighted by Gasteiger charge is -2.32. The first-order valence-corrected chi connectivity index (χ1v) is 12.6. The van der Waals surface area contributed by atoms with Gasteiger partial charge in [0.15, 0.2) is 0 Å². The van der Waals surface area contributed by atoms with Gasteiger partial charge in [-0.3, -0.25) is 13.9 Å². The first-order valence-electron chi connectivity index (χ1n) is 10.4. The number of sulfonamides is 1. The van der Waals surface area contributed by atoms with E-state index in [2.05, 4.69) is 5.32 Å². The summed E-state index contributed by atoms with van der Waals surface area (Å²) in [4.78, 5) is 27.5. The highest BCUT2D eigenvalue weighted by atomic mass is 35.5. The molecule has 1 N–H and O–H groups in total. The van der Waals surface area contributed by atoms with Crippen LogP contribution in [-0.2, 0) is 26.2 Å². The summed E-state index contributed by atoms with van der Waals surface area (Å²) in [7, 11) is -2.25. The second kappa shape index (κ2) is 11.4. The molecule has 0 saturated heterocycles. The third-order valence-electron chi connectivity index (χ3n) is 4.89. The summed E-state index contributed by atoms with van der Waals surface area (Å²) < 4.78 is 31.1. The first kappa shape index (κ1) is 26.5. The molecule has 0 aliphatic rings. The van der Waals surface area contributed by atoms with Gasteiger partial charge in [0, 0.05) is 17.6 Å². The number of nitrogens with one attached hydrogen (secondary N) is 1. The summed E-state index contributed by atoms with van der Waals surface area (Å²) in [6, 6.07) is 12.4. The van der Waals surface area contributed by atoms with Crippen molar-refractivity contribution >= 4 is 39.1 Å². The molecule has 0 heterocycles. The summed E-state index contributed by atoms with van der Waals surface area (Å²) in [6.07, 6.45) is 1.02. The number of hydrogen-bond donors (Lipinski definition) is 1. The highest BCUT2D eigenvalue weighted by molar-refractivity contribution is 7.92. The number of anilines is 1. The van der Waals surface area contributed by atoms with Gasteiger partial charge in [-0.15, -0.1) is 0 Å². The van der Waals surface area contributed by atoms with Crippen molar-refractivity contribution in [3.8, 4) is 5.75 Å². The Balaban J connectivity index is 2.38. The lowest BCUT2D eigenvalue weighted by atomic mass is 10.1. The van der Waals surface area contributed by atoms with E-state index in [0.29, 0.717) is 10.8 Å². The Morgan fingerprint density at radius 3 is 2.24 bits per heavy atom. The molecule has 2 rings (SSSR count). The largest absolute Gasteiger partial charge is 0.497 e. The number of benzene rings is 2. The summed E-state index contributed by atoms with van der Waals surface area (Å²) in [6.45, 7) is 4.90. The van der Waals surface area contributed by atoms with Gasteiger partial charge in [0.05, 0.1) is 19.1 Å². The van der Waals surface area contributed by atoms with Crippen molar-refractivity contribution in [2.45, 2.75) is 39.4 Å². The highest BCUT2D eigenvalue weighted by Crippen LogP contribution is 2.23. The molecule has 0 aromatic heterocycles. The number of hydrogen-bond acceptors (Lipinski definition) is 5. The molecule has 0 aliphatic carbocycles. The molecule has 0 bridgehead atoms. The molecule has 0 radical (unpaired) electrons. The van der Waals surface area contributed by atoms with E-state index in [1.807, 2.05) is 13.8 Å². The Bertz CT molecular complexity index is 1070. The average molecular weight is 496 g/mol. The van der Waals surface area contributed by atoms with Crippen LogP contribution < -0.4 is 14.4 Å². The first-order chi connectivity index (χ1) is 15.4. The van der Waals surface area contributed by atoms with E-state index in [0.717, 1.165) is 16.1 Å². The van der Waals surface area contributed by atoms with Gasteiger partial charge in [0.25, 0.3) is 0 Å². The standard InChI is InChI=1S/C23H30ClN3O5S/c1-16(2)25-23(29)17(3)26(14-18-9-11-21(32-4)12-10-18)22(28)15-27(33(5,30)31)20-8-6-7-19(24)13-20/h6-13,16-17H,14-15H2,1-5H3,(H,25,29). The number of amides is 2. The number of halogens is 1. The fourth-order valence-electron chi connectivity index (χ4n) is 3.16. The molecule has 0 fully saturated rings. The Morgan fingerprint density at radius 2 is 1.73 bits per heavy atom. The molecular weight excluding hydrogens is 466 g/mol. The molecule has 2 aromatic carbocycles. The Morgan fingerprint density at radius 1 is 1.09 bits per heavy atom. The average Bonchev–Trinajstić information content (AvgIpc) is 2.74. The van der Waals surface area contributed by atoms with Crippen LogP contribution in [0.2, 0.25) is 5.02 Å². The molecule has 2 amide bonds. The number of methoxy groups -OCH3 is 1. The van der Waals surface area contributed by atoms with Crippen molar-refractivity contribution in [1.82, 2.24) is 10.2 Å². The summed E-state index contributed by atoms with van der Waals surface area (Å²) >= 11 is 6.03. The zero-order valence-corrected chi connectivity index (χ0v) is 21.0. The van der Waals surface area contributed by atoms with Crippen molar-refractivity contribution in [2.75, 3.05) is 24.2 Å². The molecule has 8 nitrogen and oxygen atoms in total. The summed E-state index contributed by atoms with van der Waals surface area (Å²) in [5, 5.41) is 3.14. The van der Waals surface area contributed by atoms with Crippen LogP contribution in [0.25, 0.3) is 0 Å². The second-order valence-corrected chi connectivity index (χ2v) is 10.3. The lowest BCUT2D eigenvalue weighted by molar-refractivity contribution is -0.139.